The third-order valence-corrected chi connectivity index (χ3v) is 6.50. The number of rotatable bonds is 3. The predicted octanol–water partition coefficient (Wildman–Crippen LogP) is 2.40. The van der Waals surface area contributed by atoms with E-state index in [9.17, 15) is 0 Å². The lowest BCUT2D eigenvalue weighted by atomic mass is 9.82. The maximum atomic E-state index is 4.80. The summed E-state index contributed by atoms with van der Waals surface area (Å²) in [5.41, 5.74) is 3.57. The average molecular weight is 392 g/mol. The van der Waals surface area contributed by atoms with Gasteiger partial charge in [-0.05, 0) is 36.0 Å². The zero-order valence-electron chi connectivity index (χ0n) is 17.3. The number of hydrogen-bond donors (Lipinski definition) is 1. The molecule has 0 bridgehead atoms. The minimum Gasteiger partial charge on any atom is -0.371 e. The lowest BCUT2D eigenvalue weighted by Gasteiger charge is -2.38. The first-order valence-electron chi connectivity index (χ1n) is 10.6. The van der Waals surface area contributed by atoms with Crippen molar-refractivity contribution in [3.63, 3.8) is 0 Å². The summed E-state index contributed by atoms with van der Waals surface area (Å²) in [7, 11) is 1.95. The highest BCUT2D eigenvalue weighted by Crippen LogP contribution is 2.36. The molecule has 3 aromatic rings. The molecule has 2 unspecified atom stereocenters. The van der Waals surface area contributed by atoms with Crippen LogP contribution in [0.25, 0.3) is 11.0 Å². The van der Waals surface area contributed by atoms with Gasteiger partial charge in [-0.1, -0.05) is 13.0 Å². The number of piperidine rings is 1. The van der Waals surface area contributed by atoms with E-state index >= 15 is 0 Å². The van der Waals surface area contributed by atoms with Crippen LogP contribution < -0.4 is 15.1 Å². The molecule has 2 saturated heterocycles. The van der Waals surface area contributed by atoms with E-state index in [2.05, 4.69) is 56.5 Å². The minimum absolute atomic E-state index is 0.557. The molecule has 0 radical (unpaired) electrons. The molecule has 3 aromatic heterocycles. The molecule has 0 aromatic carbocycles. The van der Waals surface area contributed by atoms with Gasteiger partial charge in [-0.3, -0.25) is 4.68 Å². The van der Waals surface area contributed by atoms with Crippen LogP contribution in [0.15, 0.2) is 36.8 Å². The van der Waals surface area contributed by atoms with Gasteiger partial charge in [-0.25, -0.2) is 9.97 Å². The molecule has 1 N–H and O–H groups in total. The van der Waals surface area contributed by atoms with E-state index in [-0.39, 0.29) is 0 Å². The summed E-state index contributed by atoms with van der Waals surface area (Å²) < 4.78 is 1.85. The number of hydrogen-bond acceptors (Lipinski definition) is 6. The fraction of sp³-hybridized carbons (Fsp3) is 0.500. The van der Waals surface area contributed by atoms with Crippen molar-refractivity contribution in [1.82, 2.24) is 25.1 Å². The van der Waals surface area contributed by atoms with Gasteiger partial charge in [0.1, 0.15) is 5.82 Å². The molecule has 5 heterocycles. The van der Waals surface area contributed by atoms with Gasteiger partial charge in [0.2, 0.25) is 0 Å². The third kappa shape index (κ3) is 3.44. The van der Waals surface area contributed by atoms with Gasteiger partial charge >= 0.3 is 0 Å². The Morgan fingerprint density at radius 2 is 1.86 bits per heavy atom. The lowest BCUT2D eigenvalue weighted by Crippen LogP contribution is -2.43. The Balaban J connectivity index is 1.31. The first-order valence-corrected chi connectivity index (χ1v) is 10.6. The van der Waals surface area contributed by atoms with E-state index in [1.54, 1.807) is 0 Å². The Bertz CT molecular complexity index is 974. The normalized spacial score (nSPS) is 23.0. The SMILES string of the molecule is CC1CN(c2ccnc3c2cnn3C)CCC1c1ccc(N2CCNCC2)nc1. The van der Waals surface area contributed by atoms with Gasteiger partial charge in [0.15, 0.2) is 5.65 Å². The Kier molecular flexibility index (Phi) is 4.83. The van der Waals surface area contributed by atoms with Crippen molar-refractivity contribution in [2.45, 2.75) is 19.3 Å². The molecular weight excluding hydrogens is 362 g/mol. The molecule has 0 aliphatic carbocycles. The van der Waals surface area contributed by atoms with Crippen LogP contribution in [0.3, 0.4) is 0 Å². The summed E-state index contributed by atoms with van der Waals surface area (Å²) in [5, 5.41) is 8.93. The number of fused-ring (bicyclic) bond motifs is 1. The van der Waals surface area contributed by atoms with E-state index in [0.29, 0.717) is 11.8 Å². The summed E-state index contributed by atoms with van der Waals surface area (Å²) in [6, 6.07) is 6.63. The average Bonchev–Trinajstić information content (AvgIpc) is 3.15. The number of aryl methyl sites for hydroxylation is 1. The molecule has 2 aliphatic rings. The van der Waals surface area contributed by atoms with Crippen LogP contribution in [0.5, 0.6) is 0 Å². The lowest BCUT2D eigenvalue weighted by molar-refractivity contribution is 0.383. The highest BCUT2D eigenvalue weighted by molar-refractivity contribution is 5.89. The van der Waals surface area contributed by atoms with Gasteiger partial charge in [0.25, 0.3) is 0 Å². The van der Waals surface area contributed by atoms with Crippen LogP contribution in [-0.4, -0.2) is 59.0 Å². The molecule has 2 aliphatic heterocycles. The van der Waals surface area contributed by atoms with Crippen molar-refractivity contribution in [3.8, 4) is 0 Å². The molecule has 29 heavy (non-hydrogen) atoms. The van der Waals surface area contributed by atoms with Crippen LogP contribution in [0.1, 0.15) is 24.8 Å². The predicted molar refractivity (Wildman–Crippen MR) is 117 cm³/mol. The monoisotopic (exact) mass is 391 g/mol. The van der Waals surface area contributed by atoms with Gasteiger partial charge in [0, 0.05) is 58.7 Å². The molecule has 7 nitrogen and oxygen atoms in total. The largest absolute Gasteiger partial charge is 0.371 e. The van der Waals surface area contributed by atoms with Crippen molar-refractivity contribution >= 4 is 22.5 Å². The Morgan fingerprint density at radius 1 is 1.00 bits per heavy atom. The van der Waals surface area contributed by atoms with Crippen LogP contribution in [0.4, 0.5) is 11.5 Å². The molecule has 0 spiro atoms. The van der Waals surface area contributed by atoms with Crippen molar-refractivity contribution in [1.29, 1.82) is 0 Å². The Labute approximate surface area is 171 Å². The third-order valence-electron chi connectivity index (χ3n) is 6.50. The number of aromatic nitrogens is 4. The summed E-state index contributed by atoms with van der Waals surface area (Å²) >= 11 is 0. The van der Waals surface area contributed by atoms with Crippen LogP contribution in [0.2, 0.25) is 0 Å². The van der Waals surface area contributed by atoms with Crippen molar-refractivity contribution in [2.75, 3.05) is 49.1 Å². The summed E-state index contributed by atoms with van der Waals surface area (Å²) in [6.07, 6.45) is 7.09. The highest BCUT2D eigenvalue weighted by Gasteiger charge is 2.29. The molecule has 0 saturated carbocycles. The Hall–Kier alpha value is -2.67. The second kappa shape index (κ2) is 7.63. The number of nitrogens with zero attached hydrogens (tertiary/aromatic N) is 6. The molecule has 5 rings (SSSR count). The molecule has 152 valence electrons. The van der Waals surface area contributed by atoms with E-state index in [1.165, 1.54) is 11.3 Å². The van der Waals surface area contributed by atoms with Crippen LogP contribution in [-0.2, 0) is 7.05 Å². The highest BCUT2D eigenvalue weighted by atomic mass is 15.3. The second-order valence-corrected chi connectivity index (χ2v) is 8.34. The maximum absolute atomic E-state index is 4.80. The fourth-order valence-electron chi connectivity index (χ4n) is 4.87. The van der Waals surface area contributed by atoms with E-state index < -0.39 is 0 Å². The minimum atomic E-state index is 0.557. The van der Waals surface area contributed by atoms with Crippen molar-refractivity contribution in [3.05, 3.63) is 42.4 Å². The first kappa shape index (κ1) is 18.4. The van der Waals surface area contributed by atoms with Gasteiger partial charge < -0.3 is 15.1 Å². The smallest absolute Gasteiger partial charge is 0.159 e. The molecule has 0 amide bonds. The number of anilines is 2. The number of piperazine rings is 1. The van der Waals surface area contributed by atoms with Gasteiger partial charge in [-0.15, -0.1) is 0 Å². The molecule has 2 atom stereocenters. The van der Waals surface area contributed by atoms with Gasteiger partial charge in [0.05, 0.1) is 17.3 Å². The summed E-state index contributed by atoms with van der Waals surface area (Å²) in [6.45, 7) is 8.60. The van der Waals surface area contributed by atoms with Crippen molar-refractivity contribution in [2.24, 2.45) is 13.0 Å². The standard InChI is InChI=1S/C22H29N7/c1-16-15-29(20-5-7-24-22-19(20)14-26-27(22)2)10-6-18(16)17-3-4-21(25-13-17)28-11-8-23-9-12-28/h3-5,7,13-14,16,18,23H,6,8-12,15H2,1-2H3. The zero-order chi connectivity index (χ0) is 19.8. The number of pyridine rings is 2. The summed E-state index contributed by atoms with van der Waals surface area (Å²) in [4.78, 5) is 14.1. The van der Waals surface area contributed by atoms with E-state index in [0.717, 1.165) is 62.5 Å². The number of nitrogens with one attached hydrogen (secondary N) is 1. The maximum Gasteiger partial charge on any atom is 0.159 e. The van der Waals surface area contributed by atoms with E-state index in [1.807, 2.05) is 24.1 Å². The topological polar surface area (TPSA) is 62.1 Å². The first-order chi connectivity index (χ1) is 14.2. The quantitative estimate of drug-likeness (QED) is 0.740. The van der Waals surface area contributed by atoms with E-state index in [4.69, 9.17) is 4.98 Å². The Morgan fingerprint density at radius 3 is 2.62 bits per heavy atom. The van der Waals surface area contributed by atoms with Crippen molar-refractivity contribution < 1.29 is 0 Å². The fourth-order valence-corrected chi connectivity index (χ4v) is 4.87. The zero-order valence-corrected chi connectivity index (χ0v) is 17.3. The van der Waals surface area contributed by atoms with Gasteiger partial charge in [-0.2, -0.15) is 5.10 Å². The molecule has 2 fully saturated rings. The second-order valence-electron chi connectivity index (χ2n) is 8.34. The summed E-state index contributed by atoms with van der Waals surface area (Å²) in [5.74, 6) is 2.23. The molecular formula is C22H29N7. The molecule has 7 heteroatoms. The van der Waals surface area contributed by atoms with Crippen LogP contribution >= 0.6 is 0 Å². The van der Waals surface area contributed by atoms with Crippen LogP contribution in [0, 0.1) is 5.92 Å².